The smallest absolute Gasteiger partial charge is 0.357 e. The summed E-state index contributed by atoms with van der Waals surface area (Å²) in [6.07, 6.45) is 0.237. The van der Waals surface area contributed by atoms with E-state index in [2.05, 4.69) is 9.72 Å². The molecule has 1 aromatic rings. The normalized spacial score (nSPS) is 13.4. The molecule has 2 unspecified atom stereocenters. The first-order chi connectivity index (χ1) is 12.6. The van der Waals surface area contributed by atoms with Gasteiger partial charge in [0.25, 0.3) is 0 Å². The van der Waals surface area contributed by atoms with E-state index in [9.17, 15) is 14.4 Å². The van der Waals surface area contributed by atoms with Gasteiger partial charge in [0.1, 0.15) is 5.01 Å². The fourth-order valence-electron chi connectivity index (χ4n) is 2.81. The monoisotopic (exact) mass is 398 g/mol. The third kappa shape index (κ3) is 6.93. The van der Waals surface area contributed by atoms with Gasteiger partial charge in [0.05, 0.1) is 7.11 Å². The molecule has 1 heterocycles. The summed E-state index contributed by atoms with van der Waals surface area (Å²) in [5.41, 5.74) is 0.181. The zero-order valence-corrected chi connectivity index (χ0v) is 18.0. The number of aromatic nitrogens is 1. The van der Waals surface area contributed by atoms with Gasteiger partial charge >= 0.3 is 11.9 Å². The zero-order valence-electron chi connectivity index (χ0n) is 17.1. The molecule has 1 aromatic heterocycles. The van der Waals surface area contributed by atoms with Crippen molar-refractivity contribution in [2.75, 3.05) is 14.2 Å². The Labute approximate surface area is 165 Å². The van der Waals surface area contributed by atoms with Crippen LogP contribution in [0.15, 0.2) is 5.38 Å². The topological polar surface area (TPSA) is 85.8 Å². The van der Waals surface area contributed by atoms with Gasteiger partial charge in [-0.2, -0.15) is 0 Å². The Hall–Kier alpha value is -1.96. The summed E-state index contributed by atoms with van der Waals surface area (Å²) in [7, 11) is 3.07. The molecule has 0 fully saturated rings. The predicted octanol–water partition coefficient (Wildman–Crippen LogP) is 3.45. The van der Waals surface area contributed by atoms with E-state index >= 15 is 0 Å². The number of thiazole rings is 1. The first kappa shape index (κ1) is 23.1. The van der Waals surface area contributed by atoms with Gasteiger partial charge in [0, 0.05) is 38.2 Å². The number of rotatable bonds is 9. The van der Waals surface area contributed by atoms with Crippen LogP contribution in [0.5, 0.6) is 0 Å². The Bertz CT molecular complexity index is 656. The molecule has 0 radical (unpaired) electrons. The van der Waals surface area contributed by atoms with Gasteiger partial charge in [-0.3, -0.25) is 9.59 Å². The molecule has 7 nitrogen and oxygen atoms in total. The summed E-state index contributed by atoms with van der Waals surface area (Å²) >= 11 is 1.24. The standard InChI is InChI=1S/C19H30N2O5S/c1-11(2)8-17(23)21(6)15(12(3)4)9-16(26-13(5)22)18-20-14(10-27-18)19(24)25-7/h10-12,15-16H,8-9H2,1-7H3. The summed E-state index contributed by atoms with van der Waals surface area (Å²) in [6, 6.07) is -0.133. The van der Waals surface area contributed by atoms with Crippen LogP contribution < -0.4 is 0 Å². The maximum Gasteiger partial charge on any atom is 0.357 e. The second kappa shape index (κ2) is 10.4. The number of esters is 2. The number of amides is 1. The minimum atomic E-state index is -0.632. The number of hydrogen-bond donors (Lipinski definition) is 0. The van der Waals surface area contributed by atoms with Crippen LogP contribution in [0.1, 0.15) is 69.1 Å². The van der Waals surface area contributed by atoms with Crippen molar-refractivity contribution in [2.45, 2.75) is 59.6 Å². The Morgan fingerprint density at radius 2 is 1.85 bits per heavy atom. The zero-order chi connectivity index (χ0) is 20.7. The highest BCUT2D eigenvalue weighted by Crippen LogP contribution is 2.30. The van der Waals surface area contributed by atoms with E-state index in [4.69, 9.17) is 4.74 Å². The molecule has 0 spiro atoms. The van der Waals surface area contributed by atoms with Gasteiger partial charge in [-0.15, -0.1) is 11.3 Å². The number of carbonyl (C=O) groups excluding carboxylic acids is 3. The van der Waals surface area contributed by atoms with Crippen LogP contribution in [-0.2, 0) is 19.1 Å². The molecule has 0 saturated carbocycles. The Morgan fingerprint density at radius 3 is 2.33 bits per heavy atom. The van der Waals surface area contributed by atoms with E-state index in [1.807, 2.05) is 27.7 Å². The molecule has 0 N–H and O–H groups in total. The molecule has 0 aliphatic carbocycles. The molecular formula is C19H30N2O5S. The van der Waals surface area contributed by atoms with Crippen molar-refractivity contribution in [1.29, 1.82) is 0 Å². The van der Waals surface area contributed by atoms with Gasteiger partial charge in [-0.1, -0.05) is 27.7 Å². The van der Waals surface area contributed by atoms with E-state index in [0.717, 1.165) is 0 Å². The molecule has 1 amide bonds. The summed E-state index contributed by atoms with van der Waals surface area (Å²) in [6.45, 7) is 9.38. The average molecular weight is 399 g/mol. The SMILES string of the molecule is COC(=O)c1csc(C(CC(C(C)C)N(C)C(=O)CC(C)C)OC(C)=O)n1. The van der Waals surface area contributed by atoms with E-state index in [-0.39, 0.29) is 29.5 Å². The molecule has 0 aliphatic rings. The number of methoxy groups -OCH3 is 1. The quantitative estimate of drug-likeness (QED) is 0.592. The summed E-state index contributed by atoms with van der Waals surface area (Å²) in [4.78, 5) is 41.8. The van der Waals surface area contributed by atoms with Gasteiger partial charge < -0.3 is 14.4 Å². The van der Waals surface area contributed by atoms with Gasteiger partial charge in [0.15, 0.2) is 11.8 Å². The van der Waals surface area contributed by atoms with Crippen LogP contribution in [0.25, 0.3) is 0 Å². The highest BCUT2D eigenvalue weighted by molar-refractivity contribution is 7.09. The first-order valence-electron chi connectivity index (χ1n) is 9.03. The molecule has 2 atom stereocenters. The lowest BCUT2D eigenvalue weighted by Gasteiger charge is -2.34. The number of carbonyl (C=O) groups is 3. The third-order valence-electron chi connectivity index (χ3n) is 4.20. The molecule has 27 heavy (non-hydrogen) atoms. The van der Waals surface area contributed by atoms with Crippen molar-refractivity contribution in [3.8, 4) is 0 Å². The van der Waals surface area contributed by atoms with Crippen LogP contribution in [0.2, 0.25) is 0 Å². The fourth-order valence-corrected chi connectivity index (χ4v) is 3.64. The van der Waals surface area contributed by atoms with E-state index in [0.29, 0.717) is 17.8 Å². The van der Waals surface area contributed by atoms with Crippen LogP contribution in [0, 0.1) is 11.8 Å². The molecule has 0 bridgehead atoms. The minimum absolute atomic E-state index is 0.0552. The van der Waals surface area contributed by atoms with Crippen LogP contribution >= 0.6 is 11.3 Å². The van der Waals surface area contributed by atoms with Crippen LogP contribution in [0.3, 0.4) is 0 Å². The molecule has 0 aliphatic heterocycles. The molecular weight excluding hydrogens is 368 g/mol. The van der Waals surface area contributed by atoms with Crippen molar-refractivity contribution < 1.29 is 23.9 Å². The largest absolute Gasteiger partial charge is 0.464 e. The lowest BCUT2D eigenvalue weighted by atomic mass is 9.95. The molecule has 1 rings (SSSR count). The average Bonchev–Trinajstić information content (AvgIpc) is 3.05. The maximum atomic E-state index is 12.5. The van der Waals surface area contributed by atoms with Crippen molar-refractivity contribution in [1.82, 2.24) is 9.88 Å². The molecule has 8 heteroatoms. The van der Waals surface area contributed by atoms with Crippen molar-refractivity contribution in [2.24, 2.45) is 11.8 Å². The predicted molar refractivity (Wildman–Crippen MR) is 103 cm³/mol. The second-order valence-corrected chi connectivity index (χ2v) is 8.20. The lowest BCUT2D eigenvalue weighted by Crippen LogP contribution is -2.42. The molecule has 152 valence electrons. The number of ether oxygens (including phenoxy) is 2. The second-order valence-electron chi connectivity index (χ2n) is 7.31. The van der Waals surface area contributed by atoms with Crippen LogP contribution in [-0.4, -0.2) is 47.9 Å². The highest BCUT2D eigenvalue weighted by atomic mass is 32.1. The Kier molecular flexibility index (Phi) is 8.88. The number of nitrogens with zero attached hydrogens (tertiary/aromatic N) is 2. The molecule has 0 aromatic carbocycles. The summed E-state index contributed by atoms with van der Waals surface area (Å²) in [5, 5.41) is 2.09. The minimum Gasteiger partial charge on any atom is -0.464 e. The van der Waals surface area contributed by atoms with E-state index < -0.39 is 18.0 Å². The fraction of sp³-hybridized carbons (Fsp3) is 0.684. The van der Waals surface area contributed by atoms with Gasteiger partial charge in [0.2, 0.25) is 5.91 Å². The Balaban J connectivity index is 3.07. The Morgan fingerprint density at radius 1 is 1.22 bits per heavy atom. The van der Waals surface area contributed by atoms with Crippen molar-refractivity contribution in [3.63, 3.8) is 0 Å². The highest BCUT2D eigenvalue weighted by Gasteiger charge is 2.30. The first-order valence-corrected chi connectivity index (χ1v) is 9.91. The van der Waals surface area contributed by atoms with E-state index in [1.165, 1.54) is 25.4 Å². The lowest BCUT2D eigenvalue weighted by molar-refractivity contribution is -0.148. The molecule has 0 saturated heterocycles. The summed E-state index contributed by atoms with van der Waals surface area (Å²) in [5.74, 6) is -0.500. The summed E-state index contributed by atoms with van der Waals surface area (Å²) < 4.78 is 10.2. The number of hydrogen-bond acceptors (Lipinski definition) is 7. The maximum absolute atomic E-state index is 12.5. The van der Waals surface area contributed by atoms with Gasteiger partial charge in [-0.05, 0) is 11.8 Å². The van der Waals surface area contributed by atoms with Crippen molar-refractivity contribution >= 4 is 29.2 Å². The van der Waals surface area contributed by atoms with Gasteiger partial charge in [-0.25, -0.2) is 9.78 Å². The van der Waals surface area contributed by atoms with E-state index in [1.54, 1.807) is 17.3 Å². The van der Waals surface area contributed by atoms with Crippen LogP contribution in [0.4, 0.5) is 0 Å². The van der Waals surface area contributed by atoms with Crippen molar-refractivity contribution in [3.05, 3.63) is 16.1 Å². The third-order valence-corrected chi connectivity index (χ3v) is 5.14.